The van der Waals surface area contributed by atoms with E-state index >= 15 is 0 Å². The monoisotopic (exact) mass is 262 g/mol. The summed E-state index contributed by atoms with van der Waals surface area (Å²) in [5.41, 5.74) is 0. The summed E-state index contributed by atoms with van der Waals surface area (Å²) in [6.07, 6.45) is 0. The van der Waals surface area contributed by atoms with Gasteiger partial charge in [0.2, 0.25) is 0 Å². The molecular weight excluding hydrogens is 261 g/mol. The van der Waals surface area contributed by atoms with E-state index in [0.29, 0.717) is 0 Å². The second-order valence-corrected chi connectivity index (χ2v) is 0. The van der Waals surface area contributed by atoms with Gasteiger partial charge in [0.15, 0.2) is 0 Å². The number of rotatable bonds is 0. The molecule has 0 aromatic carbocycles. The van der Waals surface area contributed by atoms with Crippen LogP contribution >= 0.6 is 0 Å². The van der Waals surface area contributed by atoms with E-state index in [1.165, 1.54) is 0 Å². The molecule has 0 aliphatic rings. The van der Waals surface area contributed by atoms with Gasteiger partial charge in [0.1, 0.15) is 0 Å². The number of hydrogen-bond acceptors (Lipinski definition) is 1. The van der Waals surface area contributed by atoms with E-state index in [0.717, 1.165) is 0 Å². The zero-order chi connectivity index (χ0) is 2.00. The standard InChI is InChI=1S/CN.Ce.Fe.K.H/c1-2;;;;/q-1;;;+1;-1. The zero-order valence-electron chi connectivity index (χ0n) is 3.80. The average molecular weight is 262 g/mol. The summed E-state index contributed by atoms with van der Waals surface area (Å²) in [4.78, 5) is 0. The molecule has 0 saturated heterocycles. The van der Waals surface area contributed by atoms with Gasteiger partial charge in [0.25, 0.3) is 0 Å². The Hall–Kier alpha value is 3.02. The minimum absolute atomic E-state index is 0. The second kappa shape index (κ2) is 27.9. The molecule has 0 aromatic rings. The summed E-state index contributed by atoms with van der Waals surface area (Å²) in [6, 6.07) is 0. The van der Waals surface area contributed by atoms with Gasteiger partial charge in [-0.15, -0.1) is 0 Å². The smallest absolute Gasteiger partial charge is 1.00 e. The van der Waals surface area contributed by atoms with Crippen molar-refractivity contribution in [2.24, 2.45) is 0 Å². The van der Waals surface area contributed by atoms with Crippen LogP contribution in [0.5, 0.6) is 0 Å². The van der Waals surface area contributed by atoms with Gasteiger partial charge >= 0.3 is 51.4 Å². The van der Waals surface area contributed by atoms with Gasteiger partial charge in [0, 0.05) is 58.8 Å². The van der Waals surface area contributed by atoms with Crippen molar-refractivity contribution >= 4 is 0 Å². The van der Waals surface area contributed by atoms with Crippen LogP contribution in [0, 0.1) is 53.6 Å². The molecular formula is CHCeFeKN-. The Morgan fingerprint density at radius 3 is 1.40 bits per heavy atom. The Morgan fingerprint density at radius 2 is 1.40 bits per heavy atom. The maximum absolute atomic E-state index is 6.25. The predicted octanol–water partition coefficient (Wildman–Crippen LogP) is -2.79. The van der Waals surface area contributed by atoms with Gasteiger partial charge in [-0.05, 0) is 0 Å². The first-order valence-corrected chi connectivity index (χ1v) is 0.224. The molecule has 0 rings (SSSR count). The molecule has 0 bridgehead atoms. The molecule has 0 N–H and O–H groups in total. The summed E-state index contributed by atoms with van der Waals surface area (Å²) in [7, 11) is 0. The summed E-state index contributed by atoms with van der Waals surface area (Å²) >= 11 is 0. The van der Waals surface area contributed by atoms with Gasteiger partial charge in [-0.1, -0.05) is 0 Å². The Kier molecular flexibility index (Phi) is 136. The first-order chi connectivity index (χ1) is 1.00. The molecule has 0 amide bonds. The molecule has 0 radical (unpaired) electrons. The molecule has 0 unspecified atom stereocenters. The van der Waals surface area contributed by atoms with Crippen LogP contribution in [-0.4, -0.2) is 0 Å². The average Bonchev–Trinajstić information content (AvgIpc) is 1.00. The van der Waals surface area contributed by atoms with Crippen molar-refractivity contribution in [1.82, 2.24) is 0 Å². The Balaban J connectivity index is -0.000000000833. The third kappa shape index (κ3) is 19.4. The normalized spacial score (nSPS) is 0.400. The van der Waals surface area contributed by atoms with Crippen molar-refractivity contribution in [2.75, 3.05) is 0 Å². The summed E-state index contributed by atoms with van der Waals surface area (Å²) in [5, 5.41) is 6.25. The van der Waals surface area contributed by atoms with Crippen molar-refractivity contribution in [3.63, 3.8) is 0 Å². The molecule has 0 aliphatic carbocycles. The van der Waals surface area contributed by atoms with Gasteiger partial charge in [0.05, 0.1) is 0 Å². The molecule has 0 aromatic heterocycles. The van der Waals surface area contributed by atoms with Crippen LogP contribution in [0.3, 0.4) is 0 Å². The van der Waals surface area contributed by atoms with E-state index in [2.05, 4.69) is 0 Å². The molecule has 0 saturated carbocycles. The van der Waals surface area contributed by atoms with Crippen LogP contribution in [0.2, 0.25) is 0 Å². The first-order valence-electron chi connectivity index (χ1n) is 0.224. The van der Waals surface area contributed by atoms with E-state index in [-0.39, 0.29) is 112 Å². The van der Waals surface area contributed by atoms with E-state index in [9.17, 15) is 0 Å². The van der Waals surface area contributed by atoms with Crippen LogP contribution in [0.1, 0.15) is 1.43 Å². The van der Waals surface area contributed by atoms with E-state index in [1.807, 2.05) is 0 Å². The minimum Gasteiger partial charge on any atom is -1.00 e. The Morgan fingerprint density at radius 1 is 1.40 bits per heavy atom. The minimum atomic E-state index is 0. The summed E-state index contributed by atoms with van der Waals surface area (Å²) < 4.78 is 0. The zero-order valence-corrected chi connectivity index (χ0v) is 10.2. The second-order valence-electron chi connectivity index (χ2n) is 0. The van der Waals surface area contributed by atoms with Gasteiger partial charge in [-0.3, -0.25) is 0 Å². The molecule has 0 aliphatic heterocycles. The van der Waals surface area contributed by atoms with Crippen molar-refractivity contribution in [2.45, 2.75) is 0 Å². The molecule has 0 atom stereocenters. The van der Waals surface area contributed by atoms with Crippen LogP contribution in [-0.2, 0) is 17.1 Å². The van der Waals surface area contributed by atoms with E-state index in [1.54, 1.807) is 0 Å². The third-order valence-electron chi connectivity index (χ3n) is 0. The molecule has 4 heteroatoms. The third-order valence-corrected chi connectivity index (χ3v) is 0. The quantitative estimate of drug-likeness (QED) is 0.342. The van der Waals surface area contributed by atoms with Crippen molar-refractivity contribution < 1.29 is 112 Å². The Labute approximate surface area is 120 Å². The molecule has 1 nitrogen and oxygen atoms in total. The molecule has 0 heterocycles. The van der Waals surface area contributed by atoms with Crippen molar-refractivity contribution in [1.29, 1.82) is 5.26 Å². The van der Waals surface area contributed by atoms with Crippen LogP contribution < -0.4 is 51.4 Å². The summed E-state index contributed by atoms with van der Waals surface area (Å²) in [5.74, 6) is 0. The fraction of sp³-hybridized carbons (Fsp3) is 0. The molecule has 24 valence electrons. The topological polar surface area (TPSA) is 23.8 Å². The maximum Gasteiger partial charge on any atom is 1.00 e. The maximum atomic E-state index is 6.25. The predicted molar refractivity (Wildman–Crippen MR) is 6.08 cm³/mol. The number of nitrogens with zero attached hydrogens (tertiary/aromatic N) is 1. The molecule has 0 spiro atoms. The van der Waals surface area contributed by atoms with Gasteiger partial charge in [-0.2, -0.15) is 0 Å². The van der Waals surface area contributed by atoms with Gasteiger partial charge in [-0.25, -0.2) is 0 Å². The summed E-state index contributed by atoms with van der Waals surface area (Å²) in [6.45, 7) is 4.75. The van der Waals surface area contributed by atoms with E-state index in [4.69, 9.17) is 11.8 Å². The largest absolute Gasteiger partial charge is 1.00 e. The van der Waals surface area contributed by atoms with Crippen molar-refractivity contribution in [3.05, 3.63) is 6.57 Å². The fourth-order valence-corrected chi connectivity index (χ4v) is 0. The van der Waals surface area contributed by atoms with Crippen LogP contribution in [0.15, 0.2) is 0 Å². The molecule has 0 fully saturated rings. The fourth-order valence-electron chi connectivity index (χ4n) is 0. The van der Waals surface area contributed by atoms with Gasteiger partial charge < -0.3 is 13.3 Å². The number of hydrogen-bond donors (Lipinski definition) is 0. The SMILES string of the molecule is [C-]#N.[Ce].[Fe].[H-].[K+]. The van der Waals surface area contributed by atoms with Crippen molar-refractivity contribution in [3.8, 4) is 0 Å². The van der Waals surface area contributed by atoms with E-state index < -0.39 is 0 Å². The van der Waals surface area contributed by atoms with Crippen LogP contribution in [0.4, 0.5) is 0 Å². The Bertz CT molecular complexity index is 20.3. The molecule has 5 heavy (non-hydrogen) atoms. The van der Waals surface area contributed by atoms with Crippen LogP contribution in [0.25, 0.3) is 0 Å². The first kappa shape index (κ1) is 24.5.